The number of alkyl halides is 3. The molecule has 0 saturated carbocycles. The monoisotopic (exact) mass is 536 g/mol. The van der Waals surface area contributed by atoms with E-state index < -0.39 is 17.6 Å². The molecule has 1 aromatic heterocycles. The van der Waals surface area contributed by atoms with E-state index in [0.29, 0.717) is 29.8 Å². The van der Waals surface area contributed by atoms with E-state index in [1.54, 1.807) is 24.3 Å². The van der Waals surface area contributed by atoms with Crippen LogP contribution >= 0.6 is 0 Å². The Morgan fingerprint density at radius 3 is 2.49 bits per heavy atom. The third-order valence-corrected chi connectivity index (χ3v) is 6.26. The topological polar surface area (TPSA) is 90.5 Å². The minimum Gasteiger partial charge on any atom is -0.322 e. The van der Waals surface area contributed by atoms with Crippen molar-refractivity contribution in [3.05, 3.63) is 82.3 Å². The van der Waals surface area contributed by atoms with Crippen LogP contribution in [0.5, 0.6) is 0 Å². The number of anilines is 2. The Morgan fingerprint density at radius 2 is 1.82 bits per heavy atom. The van der Waals surface area contributed by atoms with Crippen LogP contribution in [0, 0.1) is 18.8 Å². The largest absolute Gasteiger partial charge is 0.416 e. The van der Waals surface area contributed by atoms with Crippen LogP contribution in [0.4, 0.5) is 24.7 Å². The van der Waals surface area contributed by atoms with Crippen molar-refractivity contribution < 1.29 is 22.8 Å². The number of hydrogen-bond donors (Lipinski definition) is 2. The Kier molecular flexibility index (Phi) is 8.59. The lowest BCUT2D eigenvalue weighted by atomic mass is 10.0. The third-order valence-electron chi connectivity index (χ3n) is 6.26. The molecule has 0 atom stereocenters. The molecule has 1 aliphatic heterocycles. The van der Waals surface area contributed by atoms with Gasteiger partial charge >= 0.3 is 6.18 Å². The van der Waals surface area contributed by atoms with Gasteiger partial charge in [0.2, 0.25) is 6.41 Å². The number of nitrogens with zero attached hydrogens (tertiary/aromatic N) is 4. The second-order valence-corrected chi connectivity index (χ2v) is 9.28. The van der Waals surface area contributed by atoms with Crippen LogP contribution in [-0.2, 0) is 17.5 Å². The maximum absolute atomic E-state index is 13.6. The van der Waals surface area contributed by atoms with Crippen molar-refractivity contribution in [1.82, 2.24) is 19.8 Å². The van der Waals surface area contributed by atoms with Crippen LogP contribution in [0.15, 0.2) is 48.8 Å². The van der Waals surface area contributed by atoms with Crippen LogP contribution in [0.2, 0.25) is 0 Å². The lowest BCUT2D eigenvalue weighted by Gasteiger charge is -2.32. The van der Waals surface area contributed by atoms with E-state index in [-0.39, 0.29) is 17.1 Å². The minimum atomic E-state index is -4.55. The molecule has 1 saturated heterocycles. The average Bonchev–Trinajstić information content (AvgIpc) is 2.90. The summed E-state index contributed by atoms with van der Waals surface area (Å²) in [6.07, 6.45) is -1.29. The van der Waals surface area contributed by atoms with E-state index >= 15 is 0 Å². The number of rotatable bonds is 6. The maximum atomic E-state index is 13.6. The van der Waals surface area contributed by atoms with Gasteiger partial charge in [-0.25, -0.2) is 9.97 Å². The van der Waals surface area contributed by atoms with Crippen molar-refractivity contribution in [2.45, 2.75) is 19.6 Å². The molecule has 0 radical (unpaired) electrons. The van der Waals surface area contributed by atoms with Crippen molar-refractivity contribution in [3.8, 4) is 11.8 Å². The Hall–Kier alpha value is -4.27. The zero-order chi connectivity index (χ0) is 28.0. The summed E-state index contributed by atoms with van der Waals surface area (Å²) >= 11 is 0. The van der Waals surface area contributed by atoms with E-state index in [2.05, 4.69) is 42.2 Å². The van der Waals surface area contributed by atoms with Crippen LogP contribution in [0.3, 0.4) is 0 Å². The molecular formula is C28H27F3N6O2. The van der Waals surface area contributed by atoms with E-state index in [1.807, 2.05) is 14.0 Å². The number of carbonyl (C=O) groups excluding carboxylic acids is 2. The van der Waals surface area contributed by atoms with Gasteiger partial charge in [-0.2, -0.15) is 13.2 Å². The predicted molar refractivity (Wildman–Crippen MR) is 141 cm³/mol. The molecule has 2 N–H and O–H groups in total. The molecule has 1 fully saturated rings. The summed E-state index contributed by atoms with van der Waals surface area (Å²) in [7, 11) is 2.01. The number of aryl methyl sites for hydroxylation is 1. The van der Waals surface area contributed by atoms with Gasteiger partial charge in [0.25, 0.3) is 5.91 Å². The van der Waals surface area contributed by atoms with E-state index in [1.165, 1.54) is 12.4 Å². The highest BCUT2D eigenvalue weighted by Gasteiger charge is 2.31. The molecule has 2 amide bonds. The minimum absolute atomic E-state index is 0.0754. The first-order chi connectivity index (χ1) is 18.6. The molecule has 39 heavy (non-hydrogen) atoms. The standard InChI is InChI=1S/C28H27F3N6O2/c1-19-3-4-22(13-21(19)5-6-24-15-33-26(16-32-24)34-18-38)27(39)35-25-12-20(11-23(14-25)28(29,30)31)17-37-9-7-36(2)8-10-37/h3-4,11-16,18H,7-10,17H2,1-2H3,(H,35,39)(H,33,34,38). The Morgan fingerprint density at radius 1 is 1.05 bits per heavy atom. The van der Waals surface area contributed by atoms with Gasteiger partial charge in [0.15, 0.2) is 5.82 Å². The smallest absolute Gasteiger partial charge is 0.322 e. The summed E-state index contributed by atoms with van der Waals surface area (Å²) < 4.78 is 40.9. The summed E-state index contributed by atoms with van der Waals surface area (Å²) in [4.78, 5) is 35.9. The second kappa shape index (κ2) is 12.1. The highest BCUT2D eigenvalue weighted by Crippen LogP contribution is 2.32. The number of aromatic nitrogens is 2. The molecule has 11 heteroatoms. The number of likely N-dealkylation sites (N-methyl/N-ethyl adjacent to an activating group) is 1. The molecule has 0 spiro atoms. The number of carbonyl (C=O) groups is 2. The lowest BCUT2D eigenvalue weighted by molar-refractivity contribution is -0.137. The van der Waals surface area contributed by atoms with Gasteiger partial charge in [0.05, 0.1) is 18.0 Å². The van der Waals surface area contributed by atoms with Crippen molar-refractivity contribution in [2.24, 2.45) is 0 Å². The first kappa shape index (κ1) is 27.8. The molecule has 2 aromatic carbocycles. The number of benzene rings is 2. The molecule has 3 aromatic rings. The predicted octanol–water partition coefficient (Wildman–Crippen LogP) is 3.77. The molecule has 1 aliphatic rings. The van der Waals surface area contributed by atoms with Crippen LogP contribution in [-0.4, -0.2) is 65.3 Å². The van der Waals surface area contributed by atoms with E-state index in [9.17, 15) is 22.8 Å². The number of amides is 2. The Bertz CT molecular complexity index is 1410. The highest BCUT2D eigenvalue weighted by atomic mass is 19.4. The highest BCUT2D eigenvalue weighted by molar-refractivity contribution is 6.04. The SMILES string of the molecule is Cc1ccc(C(=O)Nc2cc(CN3CCN(C)CC3)cc(C(F)(F)F)c2)cc1C#Cc1cnc(NC=O)cn1. The van der Waals surface area contributed by atoms with Gasteiger partial charge in [0, 0.05) is 49.5 Å². The number of hydrogen-bond acceptors (Lipinski definition) is 6. The van der Waals surface area contributed by atoms with Crippen LogP contribution < -0.4 is 10.6 Å². The third kappa shape index (κ3) is 7.63. The van der Waals surface area contributed by atoms with Crippen LogP contribution in [0.1, 0.15) is 38.3 Å². The summed E-state index contributed by atoms with van der Waals surface area (Å²) in [5.41, 5.74) is 1.72. The summed E-state index contributed by atoms with van der Waals surface area (Å²) in [6.45, 7) is 5.39. The zero-order valence-corrected chi connectivity index (χ0v) is 21.5. The lowest BCUT2D eigenvalue weighted by Crippen LogP contribution is -2.43. The Balaban J connectivity index is 1.53. The number of halogens is 3. The van der Waals surface area contributed by atoms with Gasteiger partial charge in [-0.1, -0.05) is 12.0 Å². The Labute approximate surface area is 224 Å². The number of nitrogens with one attached hydrogen (secondary N) is 2. The summed E-state index contributed by atoms with van der Waals surface area (Å²) in [6, 6.07) is 8.55. The van der Waals surface area contributed by atoms with Gasteiger partial charge in [-0.05, 0) is 61.4 Å². The van der Waals surface area contributed by atoms with Crippen LogP contribution in [0.25, 0.3) is 0 Å². The first-order valence-electron chi connectivity index (χ1n) is 12.2. The molecular weight excluding hydrogens is 509 g/mol. The fraction of sp³-hybridized carbons (Fsp3) is 0.286. The van der Waals surface area contributed by atoms with Crippen molar-refractivity contribution in [2.75, 3.05) is 43.9 Å². The van der Waals surface area contributed by atoms with Gasteiger partial charge in [-0.3, -0.25) is 14.5 Å². The first-order valence-corrected chi connectivity index (χ1v) is 12.2. The zero-order valence-electron chi connectivity index (χ0n) is 21.5. The fourth-order valence-electron chi connectivity index (χ4n) is 4.04. The molecule has 0 bridgehead atoms. The normalized spacial score (nSPS) is 14.3. The van der Waals surface area contributed by atoms with Gasteiger partial charge in [-0.15, -0.1) is 0 Å². The molecule has 202 valence electrons. The van der Waals surface area contributed by atoms with E-state index in [4.69, 9.17) is 0 Å². The number of piperazine rings is 1. The molecule has 8 nitrogen and oxygen atoms in total. The second-order valence-electron chi connectivity index (χ2n) is 9.28. The van der Waals surface area contributed by atoms with Crippen molar-refractivity contribution >= 4 is 23.8 Å². The molecule has 4 rings (SSSR count). The van der Waals surface area contributed by atoms with E-state index in [0.717, 1.165) is 43.9 Å². The fourth-order valence-corrected chi connectivity index (χ4v) is 4.04. The molecule has 0 unspecified atom stereocenters. The van der Waals surface area contributed by atoms with Crippen molar-refractivity contribution in [1.29, 1.82) is 0 Å². The summed E-state index contributed by atoms with van der Waals surface area (Å²) in [5.74, 6) is 5.54. The van der Waals surface area contributed by atoms with Gasteiger partial charge < -0.3 is 15.5 Å². The molecule has 2 heterocycles. The quantitative estimate of drug-likeness (QED) is 0.368. The van der Waals surface area contributed by atoms with Gasteiger partial charge in [0.1, 0.15) is 5.69 Å². The molecule has 0 aliphatic carbocycles. The maximum Gasteiger partial charge on any atom is 0.416 e. The average molecular weight is 537 g/mol. The van der Waals surface area contributed by atoms with Crippen molar-refractivity contribution in [3.63, 3.8) is 0 Å². The summed E-state index contributed by atoms with van der Waals surface area (Å²) in [5, 5.41) is 5.00.